The molecule has 4 aromatic rings. The molecule has 0 N–H and O–H groups in total. The van der Waals surface area contributed by atoms with Gasteiger partial charge in [0.1, 0.15) is 0 Å². The van der Waals surface area contributed by atoms with E-state index in [1.54, 1.807) is 36.4 Å². The number of hydrogen-bond acceptors (Lipinski definition) is 6. The first kappa shape index (κ1) is 29.6. The van der Waals surface area contributed by atoms with Gasteiger partial charge in [0.2, 0.25) is 20.0 Å². The van der Waals surface area contributed by atoms with Crippen LogP contribution in [-0.2, 0) is 52.8 Å². The zero-order valence-electron chi connectivity index (χ0n) is 22.1. The molecule has 3 atom stereocenters. The summed E-state index contributed by atoms with van der Waals surface area (Å²) in [5.41, 5.74) is 1.43. The number of benzene rings is 4. The summed E-state index contributed by atoms with van der Waals surface area (Å²) in [6.45, 7) is -0.0662. The minimum Gasteiger partial charge on any atom is -0.257 e. The molecule has 214 valence electrons. The van der Waals surface area contributed by atoms with Crippen molar-refractivity contribution in [3.8, 4) is 0 Å². The molecule has 0 amide bonds. The summed E-state index contributed by atoms with van der Waals surface area (Å²) in [7, 11) is -11.3. The van der Waals surface area contributed by atoms with Crippen LogP contribution in [0.15, 0.2) is 131 Å². The summed E-state index contributed by atoms with van der Waals surface area (Å²) in [4.78, 5) is 0.135. The Morgan fingerprint density at radius 1 is 0.561 bits per heavy atom. The molecule has 1 unspecified atom stereocenters. The molecule has 7 nitrogen and oxygen atoms in total. The van der Waals surface area contributed by atoms with Gasteiger partial charge in [-0.25, -0.2) is 16.8 Å². The van der Waals surface area contributed by atoms with Crippen LogP contribution in [0.5, 0.6) is 0 Å². The quantitative estimate of drug-likeness (QED) is 0.261. The largest absolute Gasteiger partial charge is 0.257 e. The van der Waals surface area contributed by atoms with E-state index in [4.69, 9.17) is 11.2 Å². The number of nitrogens with zero attached hydrogens (tertiary/aromatic N) is 2. The highest BCUT2D eigenvalue weighted by Gasteiger charge is 2.49. The van der Waals surface area contributed by atoms with Gasteiger partial charge in [0, 0.05) is 33.1 Å². The van der Waals surface area contributed by atoms with Crippen LogP contribution in [0.1, 0.15) is 11.1 Å². The van der Waals surface area contributed by atoms with Gasteiger partial charge in [-0.15, -0.1) is 0 Å². The number of rotatable bonds is 10. The topological polar surface area (TPSA) is 91.8 Å². The third-order valence-corrected chi connectivity index (χ3v) is 13.4. The lowest BCUT2D eigenvalue weighted by Crippen LogP contribution is -2.54. The lowest BCUT2D eigenvalue weighted by atomic mass is 10.1. The van der Waals surface area contributed by atoms with Gasteiger partial charge >= 0.3 is 0 Å². The monoisotopic (exact) mass is 626 g/mol. The highest BCUT2D eigenvalue weighted by atomic mass is 32.8. The predicted molar refractivity (Wildman–Crippen MR) is 164 cm³/mol. The molecule has 5 rings (SSSR count). The molecule has 0 spiro atoms. The number of hydrogen-bond donors (Lipinski definition) is 0. The van der Waals surface area contributed by atoms with Crippen LogP contribution in [0.2, 0.25) is 0 Å². The van der Waals surface area contributed by atoms with Crippen LogP contribution in [0.25, 0.3) is 0 Å². The van der Waals surface area contributed by atoms with Crippen molar-refractivity contribution in [2.75, 3.05) is 11.5 Å². The van der Waals surface area contributed by atoms with Gasteiger partial charge in [-0.05, 0) is 46.6 Å². The fourth-order valence-electron chi connectivity index (χ4n) is 5.10. The third-order valence-electron chi connectivity index (χ3n) is 7.10. The van der Waals surface area contributed by atoms with Crippen LogP contribution >= 0.6 is 0 Å². The Labute approximate surface area is 247 Å². The lowest BCUT2D eigenvalue weighted by Gasteiger charge is -2.37. The van der Waals surface area contributed by atoms with Crippen molar-refractivity contribution in [2.45, 2.75) is 35.0 Å². The molecule has 0 aromatic heterocycles. The summed E-state index contributed by atoms with van der Waals surface area (Å²) < 4.78 is 73.1. The van der Waals surface area contributed by atoms with Crippen molar-refractivity contribution in [2.24, 2.45) is 0 Å². The van der Waals surface area contributed by atoms with Gasteiger partial charge in [-0.3, -0.25) is 4.21 Å². The highest BCUT2D eigenvalue weighted by Crippen LogP contribution is 2.34. The average molecular weight is 627 g/mol. The molecule has 0 radical (unpaired) electrons. The Balaban J connectivity index is 1.67. The zero-order chi connectivity index (χ0) is 29.1. The first-order valence-corrected chi connectivity index (χ1v) is 18.7. The second-order valence-corrected chi connectivity index (χ2v) is 17.7. The summed E-state index contributed by atoms with van der Waals surface area (Å²) >= 11 is 5.49. The highest BCUT2D eigenvalue weighted by molar-refractivity contribution is 8.33. The van der Waals surface area contributed by atoms with Crippen molar-refractivity contribution >= 4 is 39.7 Å². The van der Waals surface area contributed by atoms with E-state index in [1.165, 1.54) is 32.9 Å². The van der Waals surface area contributed by atoms with Gasteiger partial charge < -0.3 is 0 Å². The Morgan fingerprint density at radius 3 is 1.17 bits per heavy atom. The second-order valence-electron chi connectivity index (χ2n) is 9.91. The lowest BCUT2D eigenvalue weighted by molar-refractivity contribution is 0.219. The predicted octanol–water partition coefficient (Wildman–Crippen LogP) is 4.27. The molecule has 1 aliphatic heterocycles. The minimum atomic E-state index is -4.14. The van der Waals surface area contributed by atoms with Gasteiger partial charge in [0.05, 0.1) is 21.9 Å². The molecular weight excluding hydrogens is 597 g/mol. The zero-order valence-corrected chi connectivity index (χ0v) is 25.4. The Bertz CT molecular complexity index is 1660. The van der Waals surface area contributed by atoms with E-state index in [2.05, 4.69) is 0 Å². The summed E-state index contributed by atoms with van der Waals surface area (Å²) in [6.07, 6.45) is 0. The van der Waals surface area contributed by atoms with Crippen LogP contribution in [0, 0.1) is 0 Å². The Kier molecular flexibility index (Phi) is 8.74. The molecule has 1 heterocycles. The third kappa shape index (κ3) is 6.61. The van der Waals surface area contributed by atoms with Crippen molar-refractivity contribution in [1.82, 2.24) is 8.61 Å². The molecule has 1 aliphatic rings. The van der Waals surface area contributed by atoms with Crippen LogP contribution in [0.3, 0.4) is 0 Å². The van der Waals surface area contributed by atoms with E-state index >= 15 is 0 Å². The van der Waals surface area contributed by atoms with Crippen molar-refractivity contribution < 1.29 is 21.0 Å². The maximum absolute atomic E-state index is 14.2. The normalized spacial score (nSPS) is 21.3. The van der Waals surface area contributed by atoms with Crippen LogP contribution < -0.4 is 0 Å². The standard InChI is InChI=1S/C30H30N2O5S4/c33-39(38)23-29(31(21-25-13-5-1-6-14-25)40(34,35)27-17-9-3-10-18-27)30(24-39)32(22-26-15-7-2-8-16-26)41(36,37)28-19-11-4-12-20-28/h1-20,29-30H,21-24H2/t29-,30+,39?. The van der Waals surface area contributed by atoms with Crippen LogP contribution in [0.4, 0.5) is 0 Å². The fraction of sp³-hybridized carbons (Fsp3) is 0.200. The van der Waals surface area contributed by atoms with Crippen molar-refractivity contribution in [3.05, 3.63) is 132 Å². The van der Waals surface area contributed by atoms with E-state index in [9.17, 15) is 21.0 Å². The second kappa shape index (κ2) is 12.1. The summed E-state index contributed by atoms with van der Waals surface area (Å²) in [6, 6.07) is 32.2. The van der Waals surface area contributed by atoms with E-state index in [0.717, 1.165) is 0 Å². The van der Waals surface area contributed by atoms with Gasteiger partial charge in [0.15, 0.2) is 0 Å². The Morgan fingerprint density at radius 2 is 0.854 bits per heavy atom. The molecule has 1 saturated heterocycles. The SMILES string of the molecule is O=S(=O)(c1ccccc1)N(Cc1ccccc1)[C@@H]1CS(=O)(=S)C[C@@H]1N(Cc1ccccc1)S(=O)(=O)c1ccccc1. The van der Waals surface area contributed by atoms with Crippen LogP contribution in [-0.4, -0.2) is 53.2 Å². The maximum atomic E-state index is 14.2. The first-order chi connectivity index (χ1) is 19.6. The van der Waals surface area contributed by atoms with E-state index < -0.39 is 40.6 Å². The molecule has 11 heteroatoms. The first-order valence-electron chi connectivity index (χ1n) is 13.0. The molecular formula is C30H30N2O5S4. The summed E-state index contributed by atoms with van der Waals surface area (Å²) in [5, 5.41) is 0. The smallest absolute Gasteiger partial charge is 0.243 e. The van der Waals surface area contributed by atoms with E-state index in [-0.39, 0.29) is 34.4 Å². The fourth-order valence-corrected chi connectivity index (χ4v) is 11.4. The van der Waals surface area contributed by atoms with Gasteiger partial charge in [-0.1, -0.05) is 97.1 Å². The van der Waals surface area contributed by atoms with Crippen molar-refractivity contribution in [3.63, 3.8) is 0 Å². The molecule has 4 aromatic carbocycles. The van der Waals surface area contributed by atoms with Gasteiger partial charge in [0.25, 0.3) is 0 Å². The minimum absolute atomic E-state index is 0.0331. The summed E-state index contributed by atoms with van der Waals surface area (Å²) in [5.74, 6) is -0.275. The Hall–Kier alpha value is -2.93. The molecule has 41 heavy (non-hydrogen) atoms. The molecule has 0 bridgehead atoms. The molecule has 1 fully saturated rings. The van der Waals surface area contributed by atoms with Crippen molar-refractivity contribution in [1.29, 1.82) is 0 Å². The maximum Gasteiger partial charge on any atom is 0.243 e. The number of sulfonamides is 2. The molecule has 0 aliphatic carbocycles. The van der Waals surface area contributed by atoms with E-state index in [1.807, 2.05) is 60.7 Å². The molecule has 0 saturated carbocycles. The van der Waals surface area contributed by atoms with Gasteiger partial charge in [-0.2, -0.15) is 8.61 Å². The average Bonchev–Trinajstić information content (AvgIpc) is 3.30. The van der Waals surface area contributed by atoms with E-state index in [0.29, 0.717) is 11.1 Å².